The van der Waals surface area contributed by atoms with Crippen LogP contribution in [0.2, 0.25) is 0 Å². The van der Waals surface area contributed by atoms with E-state index in [2.05, 4.69) is 26.1 Å². The molecule has 4 aromatic heterocycles. The number of aromatic nitrogens is 5. The van der Waals surface area contributed by atoms with E-state index in [0.29, 0.717) is 32.3 Å². The molecular weight excluding hydrogens is 436 g/mol. The average molecular weight is 459 g/mol. The Balaban J connectivity index is 1.38. The predicted molar refractivity (Wildman–Crippen MR) is 128 cm³/mol. The second-order valence-corrected chi connectivity index (χ2v) is 8.98. The van der Waals surface area contributed by atoms with Crippen molar-refractivity contribution < 1.29 is 9.47 Å². The topological polar surface area (TPSA) is 89.0 Å². The van der Waals surface area contributed by atoms with E-state index in [0.717, 1.165) is 56.2 Å². The lowest BCUT2D eigenvalue weighted by molar-refractivity contribution is 0.106. The summed E-state index contributed by atoms with van der Waals surface area (Å²) in [5.41, 5.74) is 3.79. The van der Waals surface area contributed by atoms with Crippen LogP contribution >= 0.6 is 11.3 Å². The van der Waals surface area contributed by atoms with E-state index in [9.17, 15) is 0 Å². The number of morpholine rings is 1. The lowest BCUT2D eigenvalue weighted by Gasteiger charge is -2.28. The smallest absolute Gasteiger partial charge is 0.162 e. The van der Waals surface area contributed by atoms with Crippen molar-refractivity contribution in [3.8, 4) is 11.4 Å². The Kier molecular flexibility index (Phi) is 5.43. The van der Waals surface area contributed by atoms with Crippen molar-refractivity contribution in [2.24, 2.45) is 0 Å². The highest BCUT2D eigenvalue weighted by Crippen LogP contribution is 2.36. The van der Waals surface area contributed by atoms with Crippen molar-refractivity contribution in [2.75, 3.05) is 31.2 Å². The number of hydrogen-bond donors (Lipinski definition) is 1. The molecule has 0 atom stereocenters. The number of H-pyrrole nitrogens is 1. The van der Waals surface area contributed by atoms with Gasteiger partial charge in [-0.1, -0.05) is 18.2 Å². The van der Waals surface area contributed by atoms with Crippen molar-refractivity contribution in [2.45, 2.75) is 13.2 Å². The first-order valence-electron chi connectivity index (χ1n) is 10.9. The normalized spacial score (nSPS) is 14.4. The Morgan fingerprint density at radius 2 is 2.00 bits per heavy atom. The molecule has 0 radical (unpaired) electrons. The number of benzene rings is 1. The SMILES string of the molecule is c1ccc(COCc2cc3nc(-c4cccc5[nH]ncc45)nc(N4CCOCC4)c3s2)nc1. The van der Waals surface area contributed by atoms with E-state index in [-0.39, 0.29) is 0 Å². The maximum absolute atomic E-state index is 5.94. The van der Waals surface area contributed by atoms with Crippen LogP contribution in [0.1, 0.15) is 10.6 Å². The molecule has 166 valence electrons. The lowest BCUT2D eigenvalue weighted by Crippen LogP contribution is -2.36. The van der Waals surface area contributed by atoms with Gasteiger partial charge in [-0.25, -0.2) is 9.97 Å². The molecule has 1 aromatic carbocycles. The van der Waals surface area contributed by atoms with Gasteiger partial charge in [-0.05, 0) is 24.3 Å². The van der Waals surface area contributed by atoms with E-state index < -0.39 is 0 Å². The minimum Gasteiger partial charge on any atom is -0.378 e. The second kappa shape index (κ2) is 8.86. The van der Waals surface area contributed by atoms with Crippen molar-refractivity contribution >= 4 is 38.3 Å². The third kappa shape index (κ3) is 4.06. The minimum atomic E-state index is 0.477. The van der Waals surface area contributed by atoms with Gasteiger partial charge in [-0.3, -0.25) is 10.1 Å². The van der Waals surface area contributed by atoms with Crippen molar-refractivity contribution in [1.82, 2.24) is 25.1 Å². The molecule has 0 saturated carbocycles. The van der Waals surface area contributed by atoms with Crippen LogP contribution in [0.5, 0.6) is 0 Å². The first-order valence-corrected chi connectivity index (χ1v) is 11.7. The number of rotatable bonds is 6. The first-order chi connectivity index (χ1) is 16.3. The van der Waals surface area contributed by atoms with Crippen molar-refractivity contribution in [3.63, 3.8) is 0 Å². The molecule has 1 N–H and O–H groups in total. The highest BCUT2D eigenvalue weighted by molar-refractivity contribution is 7.19. The summed E-state index contributed by atoms with van der Waals surface area (Å²) >= 11 is 1.69. The van der Waals surface area contributed by atoms with E-state index in [1.54, 1.807) is 17.5 Å². The van der Waals surface area contributed by atoms with Gasteiger partial charge in [-0.15, -0.1) is 11.3 Å². The highest BCUT2D eigenvalue weighted by Gasteiger charge is 2.21. The fraction of sp³-hybridized carbons (Fsp3) is 0.250. The standard InChI is InChI=1S/C24H22N6O2S/c1-2-7-25-16(4-1)14-32-15-17-12-21-22(33-17)24(30-8-10-31-11-9-30)28-23(27-21)18-5-3-6-20-19(18)13-26-29-20/h1-7,12-13H,8-11,14-15H2,(H,26,29). The summed E-state index contributed by atoms with van der Waals surface area (Å²) in [5, 5.41) is 8.24. The Morgan fingerprint density at radius 3 is 2.88 bits per heavy atom. The molecule has 1 aliphatic heterocycles. The molecule has 0 spiro atoms. The van der Waals surface area contributed by atoms with Gasteiger partial charge in [0.2, 0.25) is 0 Å². The largest absolute Gasteiger partial charge is 0.378 e. The van der Waals surface area contributed by atoms with Gasteiger partial charge in [0.1, 0.15) is 0 Å². The van der Waals surface area contributed by atoms with Crippen molar-refractivity contribution in [3.05, 3.63) is 65.4 Å². The molecule has 0 unspecified atom stereocenters. The number of nitrogens with zero attached hydrogens (tertiary/aromatic N) is 5. The zero-order valence-corrected chi connectivity index (χ0v) is 18.7. The van der Waals surface area contributed by atoms with Crippen LogP contribution in [0.3, 0.4) is 0 Å². The molecule has 0 bridgehead atoms. The Bertz CT molecular complexity index is 1390. The molecule has 5 heterocycles. The minimum absolute atomic E-state index is 0.477. The van der Waals surface area contributed by atoms with E-state index in [1.165, 1.54) is 0 Å². The molecule has 1 saturated heterocycles. The fourth-order valence-corrected chi connectivity index (χ4v) is 5.10. The number of pyridine rings is 1. The van der Waals surface area contributed by atoms with Crippen LogP contribution in [-0.2, 0) is 22.7 Å². The maximum atomic E-state index is 5.94. The molecule has 8 nitrogen and oxygen atoms in total. The highest BCUT2D eigenvalue weighted by atomic mass is 32.1. The van der Waals surface area contributed by atoms with Gasteiger partial charge in [0, 0.05) is 35.1 Å². The number of nitrogens with one attached hydrogen (secondary N) is 1. The Morgan fingerprint density at radius 1 is 1.06 bits per heavy atom. The second-order valence-electron chi connectivity index (χ2n) is 7.85. The van der Waals surface area contributed by atoms with E-state index >= 15 is 0 Å². The molecule has 33 heavy (non-hydrogen) atoms. The molecule has 9 heteroatoms. The predicted octanol–water partition coefficient (Wildman–Crippen LogP) is 4.18. The molecule has 0 amide bonds. The third-order valence-corrected chi connectivity index (χ3v) is 6.76. The van der Waals surface area contributed by atoms with Crippen LogP contribution in [0.25, 0.3) is 32.5 Å². The number of anilines is 1. The summed E-state index contributed by atoms with van der Waals surface area (Å²) < 4.78 is 12.6. The van der Waals surface area contributed by atoms with Gasteiger partial charge < -0.3 is 14.4 Å². The number of hydrogen-bond acceptors (Lipinski definition) is 8. The monoisotopic (exact) mass is 458 g/mol. The zero-order chi connectivity index (χ0) is 22.0. The summed E-state index contributed by atoms with van der Waals surface area (Å²) in [5.74, 6) is 1.66. The Hall–Kier alpha value is -3.40. The summed E-state index contributed by atoms with van der Waals surface area (Å²) in [7, 11) is 0. The van der Waals surface area contributed by atoms with Gasteiger partial charge in [0.25, 0.3) is 0 Å². The number of fused-ring (bicyclic) bond motifs is 2. The van der Waals surface area contributed by atoms with Crippen LogP contribution in [0.4, 0.5) is 5.82 Å². The zero-order valence-electron chi connectivity index (χ0n) is 17.9. The van der Waals surface area contributed by atoms with Crippen LogP contribution in [0.15, 0.2) is 54.9 Å². The van der Waals surface area contributed by atoms with E-state index in [1.807, 2.05) is 42.6 Å². The average Bonchev–Trinajstić information content (AvgIpc) is 3.51. The molecule has 5 aromatic rings. The molecule has 0 aliphatic carbocycles. The molecule has 1 fully saturated rings. The lowest BCUT2D eigenvalue weighted by atomic mass is 10.1. The Labute approximate surface area is 194 Å². The number of ether oxygens (including phenoxy) is 2. The van der Waals surface area contributed by atoms with Gasteiger partial charge in [-0.2, -0.15) is 5.10 Å². The van der Waals surface area contributed by atoms with Crippen LogP contribution in [-0.4, -0.2) is 51.5 Å². The van der Waals surface area contributed by atoms with Crippen LogP contribution in [0, 0.1) is 0 Å². The molecule has 6 rings (SSSR count). The maximum Gasteiger partial charge on any atom is 0.162 e. The summed E-state index contributed by atoms with van der Waals surface area (Å²) in [6.07, 6.45) is 3.61. The first kappa shape index (κ1) is 20.2. The number of thiophene rings is 1. The van der Waals surface area contributed by atoms with Gasteiger partial charge in [0.15, 0.2) is 11.6 Å². The molecular formula is C24H22N6O2S. The summed E-state index contributed by atoms with van der Waals surface area (Å²) in [4.78, 5) is 17.7. The number of aromatic amines is 1. The summed E-state index contributed by atoms with van der Waals surface area (Å²) in [6, 6.07) is 14.0. The van der Waals surface area contributed by atoms with Crippen LogP contribution < -0.4 is 4.90 Å². The molecule has 1 aliphatic rings. The van der Waals surface area contributed by atoms with Crippen molar-refractivity contribution in [1.29, 1.82) is 0 Å². The fourth-order valence-electron chi connectivity index (χ4n) is 4.05. The quantitative estimate of drug-likeness (QED) is 0.408. The summed E-state index contributed by atoms with van der Waals surface area (Å²) in [6.45, 7) is 4.00. The van der Waals surface area contributed by atoms with Gasteiger partial charge in [0.05, 0.1) is 54.1 Å². The van der Waals surface area contributed by atoms with E-state index in [4.69, 9.17) is 19.4 Å². The third-order valence-electron chi connectivity index (χ3n) is 5.66. The van der Waals surface area contributed by atoms with Gasteiger partial charge >= 0.3 is 0 Å².